The van der Waals surface area contributed by atoms with Gasteiger partial charge in [0.2, 0.25) is 0 Å². The summed E-state index contributed by atoms with van der Waals surface area (Å²) in [5.74, 6) is 0.845. The molecule has 0 aromatic carbocycles. The summed E-state index contributed by atoms with van der Waals surface area (Å²) in [6.45, 7) is 9.80. The van der Waals surface area contributed by atoms with Gasteiger partial charge in [-0.3, -0.25) is 4.90 Å². The number of ether oxygens (including phenoxy) is 1. The highest BCUT2D eigenvalue weighted by molar-refractivity contribution is 5.68. The maximum absolute atomic E-state index is 12.1. The second-order valence-electron chi connectivity index (χ2n) is 7.11. The van der Waals surface area contributed by atoms with Crippen molar-refractivity contribution in [2.75, 3.05) is 32.7 Å². The van der Waals surface area contributed by atoms with E-state index in [-0.39, 0.29) is 12.1 Å². The van der Waals surface area contributed by atoms with E-state index in [1.807, 2.05) is 20.8 Å². The van der Waals surface area contributed by atoms with Gasteiger partial charge in [-0.25, -0.2) is 4.79 Å². The molecule has 1 atom stereocenters. The van der Waals surface area contributed by atoms with Gasteiger partial charge in [0.1, 0.15) is 5.60 Å². The van der Waals surface area contributed by atoms with Gasteiger partial charge < -0.3 is 15.4 Å². The smallest absolute Gasteiger partial charge is 0.410 e. The maximum Gasteiger partial charge on any atom is 0.410 e. The number of hydrogen-bond acceptors (Lipinski definition) is 4. The third-order valence-corrected chi connectivity index (χ3v) is 4.25. The number of piperazine rings is 1. The third kappa shape index (κ3) is 4.09. The lowest BCUT2D eigenvalue weighted by molar-refractivity contribution is 0.000259. The quantitative estimate of drug-likeness (QED) is 0.856. The molecule has 2 fully saturated rings. The van der Waals surface area contributed by atoms with E-state index in [0.717, 1.165) is 25.6 Å². The molecule has 116 valence electrons. The van der Waals surface area contributed by atoms with Crippen LogP contribution in [-0.4, -0.2) is 60.3 Å². The Labute approximate surface area is 122 Å². The average molecular weight is 283 g/mol. The molecule has 2 rings (SSSR count). The van der Waals surface area contributed by atoms with Crippen LogP contribution in [0.15, 0.2) is 0 Å². The Balaban J connectivity index is 1.85. The monoisotopic (exact) mass is 283 g/mol. The predicted octanol–water partition coefficient (Wildman–Crippen LogP) is 1.67. The molecule has 2 aliphatic rings. The molecule has 5 nitrogen and oxygen atoms in total. The minimum Gasteiger partial charge on any atom is -0.444 e. The number of amides is 1. The first kappa shape index (κ1) is 15.6. The van der Waals surface area contributed by atoms with Crippen LogP contribution >= 0.6 is 0 Å². The molecular formula is C15H29N3O2. The first-order chi connectivity index (χ1) is 9.39. The Kier molecular flexibility index (Phi) is 4.91. The van der Waals surface area contributed by atoms with Crippen molar-refractivity contribution in [1.82, 2.24) is 9.80 Å². The molecule has 1 saturated carbocycles. The summed E-state index contributed by atoms with van der Waals surface area (Å²) in [6.07, 6.45) is 3.86. The van der Waals surface area contributed by atoms with Crippen molar-refractivity contribution >= 4 is 6.09 Å². The highest BCUT2D eigenvalue weighted by atomic mass is 16.6. The van der Waals surface area contributed by atoms with E-state index >= 15 is 0 Å². The van der Waals surface area contributed by atoms with Crippen LogP contribution in [0.1, 0.15) is 40.0 Å². The first-order valence-corrected chi connectivity index (χ1v) is 7.81. The van der Waals surface area contributed by atoms with Crippen molar-refractivity contribution in [1.29, 1.82) is 0 Å². The second kappa shape index (κ2) is 6.31. The lowest BCUT2D eigenvalue weighted by Gasteiger charge is -2.43. The third-order valence-electron chi connectivity index (χ3n) is 4.25. The molecule has 1 aliphatic heterocycles. The highest BCUT2D eigenvalue weighted by Crippen LogP contribution is 2.28. The number of rotatable bonds is 3. The topological polar surface area (TPSA) is 58.8 Å². The molecule has 5 heteroatoms. The van der Waals surface area contributed by atoms with E-state index in [1.165, 1.54) is 19.3 Å². The Morgan fingerprint density at radius 3 is 2.50 bits per heavy atom. The molecule has 2 N–H and O–H groups in total. The normalized spacial score (nSPS) is 25.4. The SMILES string of the molecule is CC(C)(C)OC(=O)N1CCN(CC2CCC2)C(CN)C1. The van der Waals surface area contributed by atoms with Gasteiger partial charge in [-0.1, -0.05) is 6.42 Å². The number of carbonyl (C=O) groups is 1. The van der Waals surface area contributed by atoms with Crippen molar-refractivity contribution in [3.05, 3.63) is 0 Å². The van der Waals surface area contributed by atoms with Crippen LogP contribution in [0.5, 0.6) is 0 Å². The van der Waals surface area contributed by atoms with Crippen molar-refractivity contribution in [2.45, 2.75) is 51.7 Å². The molecule has 0 radical (unpaired) electrons. The summed E-state index contributed by atoms with van der Waals surface area (Å²) in [4.78, 5) is 16.4. The summed E-state index contributed by atoms with van der Waals surface area (Å²) in [6, 6.07) is 0.275. The van der Waals surface area contributed by atoms with E-state index in [2.05, 4.69) is 4.90 Å². The molecular weight excluding hydrogens is 254 g/mol. The lowest BCUT2D eigenvalue weighted by atomic mass is 9.84. The molecule has 1 unspecified atom stereocenters. The molecule has 1 heterocycles. The lowest BCUT2D eigenvalue weighted by Crippen LogP contribution is -2.58. The minimum atomic E-state index is -0.432. The van der Waals surface area contributed by atoms with Gasteiger partial charge in [0, 0.05) is 38.8 Å². The molecule has 20 heavy (non-hydrogen) atoms. The van der Waals surface area contributed by atoms with Crippen molar-refractivity contribution in [3.8, 4) is 0 Å². The zero-order chi connectivity index (χ0) is 14.8. The maximum atomic E-state index is 12.1. The van der Waals surface area contributed by atoms with Gasteiger partial charge in [0.15, 0.2) is 0 Å². The molecule has 0 aromatic heterocycles. The minimum absolute atomic E-state index is 0.209. The zero-order valence-corrected chi connectivity index (χ0v) is 13.1. The van der Waals surface area contributed by atoms with Crippen LogP contribution in [0.3, 0.4) is 0 Å². The second-order valence-corrected chi connectivity index (χ2v) is 7.11. The number of carbonyl (C=O) groups excluding carboxylic acids is 1. The van der Waals surface area contributed by atoms with Crippen LogP contribution < -0.4 is 5.73 Å². The van der Waals surface area contributed by atoms with Crippen LogP contribution in [0, 0.1) is 5.92 Å². The summed E-state index contributed by atoms with van der Waals surface area (Å²) >= 11 is 0. The fourth-order valence-corrected chi connectivity index (χ4v) is 2.86. The van der Waals surface area contributed by atoms with Gasteiger partial charge >= 0.3 is 6.09 Å². The van der Waals surface area contributed by atoms with Crippen LogP contribution in [0.25, 0.3) is 0 Å². The predicted molar refractivity (Wildman–Crippen MR) is 79.6 cm³/mol. The van der Waals surface area contributed by atoms with Crippen LogP contribution in [0.2, 0.25) is 0 Å². The van der Waals surface area contributed by atoms with Gasteiger partial charge in [-0.15, -0.1) is 0 Å². The Hall–Kier alpha value is -0.810. The Bertz CT molecular complexity index is 337. The van der Waals surface area contributed by atoms with Gasteiger partial charge in [0.05, 0.1) is 0 Å². The van der Waals surface area contributed by atoms with E-state index in [4.69, 9.17) is 10.5 Å². The summed E-state index contributed by atoms with van der Waals surface area (Å²) in [7, 11) is 0. The van der Waals surface area contributed by atoms with E-state index in [0.29, 0.717) is 13.1 Å². The van der Waals surface area contributed by atoms with Crippen LogP contribution in [0.4, 0.5) is 4.79 Å². The number of hydrogen-bond donors (Lipinski definition) is 1. The number of nitrogens with zero attached hydrogens (tertiary/aromatic N) is 2. The molecule has 0 aromatic rings. The van der Waals surface area contributed by atoms with Gasteiger partial charge in [-0.2, -0.15) is 0 Å². The van der Waals surface area contributed by atoms with Crippen molar-refractivity contribution in [3.63, 3.8) is 0 Å². The molecule has 0 spiro atoms. The largest absolute Gasteiger partial charge is 0.444 e. The Morgan fingerprint density at radius 2 is 2.00 bits per heavy atom. The molecule has 1 amide bonds. The fourth-order valence-electron chi connectivity index (χ4n) is 2.86. The van der Waals surface area contributed by atoms with E-state index < -0.39 is 5.60 Å². The first-order valence-electron chi connectivity index (χ1n) is 7.81. The van der Waals surface area contributed by atoms with E-state index in [9.17, 15) is 4.79 Å². The summed E-state index contributed by atoms with van der Waals surface area (Å²) < 4.78 is 5.45. The number of nitrogens with two attached hydrogens (primary N) is 1. The zero-order valence-electron chi connectivity index (χ0n) is 13.1. The molecule has 0 bridgehead atoms. The average Bonchev–Trinajstić information content (AvgIpc) is 2.31. The standard InChI is InChI=1S/C15H29N3O2/c1-15(2,3)20-14(19)18-8-7-17(13(9-16)11-18)10-12-5-4-6-12/h12-13H,4-11,16H2,1-3H3. The molecule has 1 saturated heterocycles. The van der Waals surface area contributed by atoms with Gasteiger partial charge in [0.25, 0.3) is 0 Å². The summed E-state index contributed by atoms with van der Waals surface area (Å²) in [5.41, 5.74) is 5.47. The van der Waals surface area contributed by atoms with E-state index in [1.54, 1.807) is 4.90 Å². The highest BCUT2D eigenvalue weighted by Gasteiger charge is 2.33. The Morgan fingerprint density at radius 1 is 1.30 bits per heavy atom. The van der Waals surface area contributed by atoms with Gasteiger partial charge in [-0.05, 0) is 39.5 Å². The molecule has 1 aliphatic carbocycles. The fraction of sp³-hybridized carbons (Fsp3) is 0.933. The van der Waals surface area contributed by atoms with Crippen molar-refractivity contribution in [2.24, 2.45) is 11.7 Å². The summed E-state index contributed by atoms with van der Waals surface area (Å²) in [5, 5.41) is 0. The van der Waals surface area contributed by atoms with Crippen molar-refractivity contribution < 1.29 is 9.53 Å². The van der Waals surface area contributed by atoms with Crippen LogP contribution in [-0.2, 0) is 4.74 Å².